The fourth-order valence-corrected chi connectivity index (χ4v) is 27.3. The Morgan fingerprint density at radius 1 is 0.667 bits per heavy atom. The number of hydrogen-bond donors (Lipinski definition) is 0. The van der Waals surface area contributed by atoms with Crippen LogP contribution in [0.15, 0.2) is 12.1 Å². The standard InChI is InChI=1S/C44H70O3P2Si2/c1-27-40(3)44(48,39(2)25-38(45-40)46-41(27,4)47-39)35-18-37(51(8,9)10)36(50(5,6)7)17-34(35)26-49(42-19-28-11-29(20-42)13-30(12-28)21-42)43-22-31-14-32(23-43)16-33(15-31)24-43/h17-18,27-33,38H,11-16,19-26,48H2,1-10H3. The van der Waals surface area contributed by atoms with Crippen LogP contribution >= 0.6 is 17.2 Å². The molecule has 12 fully saturated rings. The third-order valence-electron chi connectivity index (χ3n) is 17.7. The first kappa shape index (κ1) is 35.8. The Bertz CT molecular complexity index is 1530. The van der Waals surface area contributed by atoms with Gasteiger partial charge in [0.05, 0.1) is 32.5 Å². The van der Waals surface area contributed by atoms with E-state index < -0.39 is 27.5 Å². The number of benzene rings is 1. The Morgan fingerprint density at radius 2 is 1.10 bits per heavy atom. The molecule has 1 aromatic carbocycles. The summed E-state index contributed by atoms with van der Waals surface area (Å²) in [6.45, 7) is 25.1. The molecule has 4 aliphatic heterocycles. The summed E-state index contributed by atoms with van der Waals surface area (Å²) >= 11 is 0. The van der Waals surface area contributed by atoms with Crippen molar-refractivity contribution in [3.05, 3.63) is 23.3 Å². The molecule has 7 atom stereocenters. The molecule has 0 aromatic heterocycles. The molecule has 0 amide bonds. The fraction of sp³-hybridized carbons (Fsp3) is 0.864. The highest BCUT2D eigenvalue weighted by Crippen LogP contribution is 2.80. The van der Waals surface area contributed by atoms with E-state index in [1.165, 1.54) is 6.16 Å². The Morgan fingerprint density at radius 3 is 1.53 bits per heavy atom. The molecule has 7 heteroatoms. The van der Waals surface area contributed by atoms with Crippen LogP contribution in [0.25, 0.3) is 0 Å². The van der Waals surface area contributed by atoms with E-state index in [0.717, 1.165) is 41.9 Å². The summed E-state index contributed by atoms with van der Waals surface area (Å²) in [6, 6.07) is 5.73. The lowest BCUT2D eigenvalue weighted by molar-refractivity contribution is -0.510. The zero-order valence-corrected chi connectivity index (χ0v) is 38.0. The van der Waals surface area contributed by atoms with Crippen molar-refractivity contribution in [2.45, 2.75) is 195 Å². The molecular formula is C44H70O3P2Si2. The van der Waals surface area contributed by atoms with Crippen LogP contribution in [0.2, 0.25) is 39.3 Å². The summed E-state index contributed by atoms with van der Waals surface area (Å²) in [6.07, 6.45) is 20.7. The second-order valence-corrected chi connectivity index (χ2v) is 37.3. The molecule has 0 spiro atoms. The predicted octanol–water partition coefficient (Wildman–Crippen LogP) is 10.4. The van der Waals surface area contributed by atoms with Gasteiger partial charge in [-0.2, -0.15) is 0 Å². The Hall–Kier alpha value is 0.394. The van der Waals surface area contributed by atoms with Gasteiger partial charge in [-0.05, 0) is 161 Å². The van der Waals surface area contributed by atoms with Crippen molar-refractivity contribution in [1.29, 1.82) is 0 Å². The largest absolute Gasteiger partial charge is 0.344 e. The van der Waals surface area contributed by atoms with Crippen LogP contribution in [0, 0.1) is 41.4 Å². The molecule has 8 aliphatic carbocycles. The van der Waals surface area contributed by atoms with Crippen molar-refractivity contribution in [1.82, 2.24) is 0 Å². The van der Waals surface area contributed by atoms with Crippen LogP contribution in [-0.2, 0) is 25.5 Å². The van der Waals surface area contributed by atoms with E-state index in [1.54, 1.807) is 98.6 Å². The molecule has 13 rings (SSSR count). The first-order chi connectivity index (χ1) is 23.7. The molecule has 3 nitrogen and oxygen atoms in total. The van der Waals surface area contributed by atoms with Gasteiger partial charge in [0.1, 0.15) is 0 Å². The highest BCUT2D eigenvalue weighted by Gasteiger charge is 2.77. The molecule has 51 heavy (non-hydrogen) atoms. The lowest BCUT2D eigenvalue weighted by Crippen LogP contribution is -2.82. The molecule has 1 aromatic rings. The van der Waals surface area contributed by atoms with Crippen LogP contribution in [-0.4, -0.2) is 49.7 Å². The Labute approximate surface area is 316 Å². The summed E-state index contributed by atoms with van der Waals surface area (Å²) in [5.74, 6) is 5.58. The second kappa shape index (κ2) is 10.9. The number of hydrogen-bond acceptors (Lipinski definition) is 3. The van der Waals surface area contributed by atoms with E-state index in [2.05, 4.69) is 88.3 Å². The number of rotatable bonds is 7. The normalized spacial score (nSPS) is 52.6. The quantitative estimate of drug-likeness (QED) is 0.204. The van der Waals surface area contributed by atoms with E-state index in [-0.39, 0.29) is 30.9 Å². The van der Waals surface area contributed by atoms with E-state index in [4.69, 9.17) is 14.2 Å². The van der Waals surface area contributed by atoms with Crippen LogP contribution in [0.5, 0.6) is 0 Å². The minimum atomic E-state index is -1.69. The van der Waals surface area contributed by atoms with Crippen LogP contribution in [0.3, 0.4) is 0 Å². The summed E-state index contributed by atoms with van der Waals surface area (Å²) in [5, 5.41) is 4.34. The van der Waals surface area contributed by atoms with Gasteiger partial charge in [-0.25, -0.2) is 0 Å². The lowest BCUT2D eigenvalue weighted by atomic mass is 9.55. The van der Waals surface area contributed by atoms with Gasteiger partial charge in [-0.1, -0.05) is 76.6 Å². The average molecular weight is 765 g/mol. The fourth-order valence-electron chi connectivity index (χ4n) is 16.2. The molecule has 8 saturated carbocycles. The number of ether oxygens (including phenoxy) is 3. The first-order valence-corrected chi connectivity index (χ1v) is 30.6. The molecule has 4 saturated heterocycles. The van der Waals surface area contributed by atoms with Crippen molar-refractivity contribution in [3.63, 3.8) is 0 Å². The highest BCUT2D eigenvalue weighted by molar-refractivity contribution is 7.60. The predicted molar refractivity (Wildman–Crippen MR) is 222 cm³/mol. The third-order valence-corrected chi connectivity index (χ3v) is 27.6. The van der Waals surface area contributed by atoms with E-state index in [1.807, 2.05) is 0 Å². The van der Waals surface area contributed by atoms with Gasteiger partial charge < -0.3 is 14.2 Å². The lowest BCUT2D eigenvalue weighted by Gasteiger charge is -2.74. The molecule has 12 aliphatic rings. The monoisotopic (exact) mass is 764 g/mol. The minimum absolute atomic E-state index is 0.111. The summed E-state index contributed by atoms with van der Waals surface area (Å²) in [4.78, 5) is 0. The molecule has 0 radical (unpaired) electrons. The second-order valence-electron chi connectivity index (χ2n) is 23.3. The molecular weight excluding hydrogens is 695 g/mol. The summed E-state index contributed by atoms with van der Waals surface area (Å²) in [5.41, 5.74) is 2.53. The van der Waals surface area contributed by atoms with Crippen molar-refractivity contribution in [2.75, 3.05) is 0 Å². The van der Waals surface area contributed by atoms with Gasteiger partial charge in [0.2, 0.25) is 0 Å². The van der Waals surface area contributed by atoms with Gasteiger partial charge in [0, 0.05) is 12.3 Å². The van der Waals surface area contributed by atoms with Gasteiger partial charge in [-0.15, -0.1) is 9.24 Å². The van der Waals surface area contributed by atoms with E-state index >= 15 is 0 Å². The molecule has 7 unspecified atom stereocenters. The minimum Gasteiger partial charge on any atom is -0.344 e. The zero-order chi connectivity index (χ0) is 35.9. The first-order valence-electron chi connectivity index (χ1n) is 21.5. The maximum absolute atomic E-state index is 7.33. The van der Waals surface area contributed by atoms with Crippen molar-refractivity contribution in [3.8, 4) is 0 Å². The van der Waals surface area contributed by atoms with Gasteiger partial charge in [-0.3, -0.25) is 0 Å². The third kappa shape index (κ3) is 4.89. The molecule has 4 heterocycles. The maximum Gasteiger partial charge on any atom is 0.174 e. The van der Waals surface area contributed by atoms with Gasteiger partial charge >= 0.3 is 0 Å². The van der Waals surface area contributed by atoms with E-state index in [0.29, 0.717) is 10.3 Å². The SMILES string of the molecule is CC1C2(C)OC3CC(C)(O2)C(P)(c2cc([Si](C)(C)C)c([Si](C)(C)C)cc2CP(C24CC5CC(CC(C5)C2)C4)C24CC5CC(CC(C5)C2)C4)C1(C)O3. The Balaban J connectivity index is 1.20. The summed E-state index contributed by atoms with van der Waals surface area (Å²) in [7, 11) is 0.0250. The van der Waals surface area contributed by atoms with Gasteiger partial charge in [0.25, 0.3) is 0 Å². The topological polar surface area (TPSA) is 27.7 Å². The summed E-state index contributed by atoms with van der Waals surface area (Å²) < 4.78 is 21.1. The van der Waals surface area contributed by atoms with Crippen LogP contribution in [0.4, 0.5) is 0 Å². The van der Waals surface area contributed by atoms with Crippen LogP contribution < -0.4 is 10.4 Å². The maximum atomic E-state index is 7.33. The molecule has 0 N–H and O–H groups in total. The smallest absolute Gasteiger partial charge is 0.174 e. The van der Waals surface area contributed by atoms with Crippen molar-refractivity contribution >= 4 is 43.7 Å². The zero-order valence-electron chi connectivity index (χ0n) is 33.9. The Kier molecular flexibility index (Phi) is 7.62. The molecule has 282 valence electrons. The highest BCUT2D eigenvalue weighted by atomic mass is 31.1. The average Bonchev–Trinajstić information content (AvgIpc) is 2.98. The molecule has 12 bridgehead atoms. The van der Waals surface area contributed by atoms with E-state index in [9.17, 15) is 0 Å². The van der Waals surface area contributed by atoms with Gasteiger partial charge in [0.15, 0.2) is 12.1 Å². The van der Waals surface area contributed by atoms with Crippen molar-refractivity contribution < 1.29 is 14.2 Å². The van der Waals surface area contributed by atoms with Crippen LogP contribution in [0.1, 0.15) is 122 Å². The van der Waals surface area contributed by atoms with Crippen molar-refractivity contribution in [2.24, 2.45) is 41.4 Å².